The van der Waals surface area contributed by atoms with E-state index in [0.717, 1.165) is 107 Å². The second-order valence-electron chi connectivity index (χ2n) is 22.2. The van der Waals surface area contributed by atoms with Gasteiger partial charge in [0.2, 0.25) is 0 Å². The van der Waals surface area contributed by atoms with E-state index in [-0.39, 0.29) is 25.0 Å². The third-order valence-corrected chi connectivity index (χ3v) is 16.4. The first-order valence-corrected chi connectivity index (χ1v) is 30.4. The molecule has 0 saturated carbocycles. The first-order chi connectivity index (χ1) is 45.4. The Bertz CT molecular complexity index is 4900. The number of anilines is 9. The normalized spacial score (nSPS) is 11.3. The predicted molar refractivity (Wildman–Crippen MR) is 377 cm³/mol. The summed E-state index contributed by atoms with van der Waals surface area (Å²) in [7, 11) is 0. The van der Waals surface area contributed by atoms with Gasteiger partial charge in [-0.15, -0.1) is 22.1 Å². The van der Waals surface area contributed by atoms with Gasteiger partial charge in [-0.05, 0) is 191 Å². The van der Waals surface area contributed by atoms with Crippen LogP contribution >= 0.6 is 0 Å². The summed E-state index contributed by atoms with van der Waals surface area (Å²) >= 11 is 0. The van der Waals surface area contributed by atoms with Crippen molar-refractivity contribution in [2.45, 2.75) is 0 Å². The average molecular weight is 1250 g/mol. The smallest absolute Gasteiger partial charge is 0.657 e. The van der Waals surface area contributed by atoms with Gasteiger partial charge in [0.1, 0.15) is 0 Å². The number of fused-ring (bicyclic) bond motifs is 8. The molecular weight excluding hydrogens is 1190 g/mol. The Kier molecular flexibility index (Phi) is 16.4. The summed E-state index contributed by atoms with van der Waals surface area (Å²) in [6.45, 7) is 0. The van der Waals surface area contributed by atoms with Gasteiger partial charge in [0, 0.05) is 62.3 Å². The maximum atomic E-state index is 11.9. The maximum absolute atomic E-state index is 11.9. The molecule has 0 atom stereocenters. The van der Waals surface area contributed by atoms with Crippen molar-refractivity contribution < 1.29 is 29.4 Å². The summed E-state index contributed by atoms with van der Waals surface area (Å²) in [6, 6.07) is 103. The molecule has 436 valence electrons. The van der Waals surface area contributed by atoms with Gasteiger partial charge in [0.15, 0.2) is 0 Å². The minimum atomic E-state index is -1.01. The first kappa shape index (κ1) is 58.5. The summed E-state index contributed by atoms with van der Waals surface area (Å²) < 4.78 is 0. The van der Waals surface area contributed by atoms with Crippen LogP contribution in [0.4, 0.5) is 51.2 Å². The van der Waals surface area contributed by atoms with Gasteiger partial charge >= 0.3 is 25.4 Å². The van der Waals surface area contributed by atoms with Gasteiger partial charge in [-0.3, -0.25) is 0 Å². The largest absolute Gasteiger partial charge is 2.00 e. The van der Waals surface area contributed by atoms with Crippen LogP contribution in [0.3, 0.4) is 0 Å². The van der Waals surface area contributed by atoms with Crippen molar-refractivity contribution in [3.8, 4) is 45.2 Å². The van der Waals surface area contributed by atoms with Crippen LogP contribution in [0, 0.1) is 11.8 Å². The molecule has 0 spiro atoms. The average Bonchev–Trinajstić information content (AvgIpc) is 1.77. The van der Waals surface area contributed by atoms with Crippen LogP contribution < -0.4 is 24.7 Å². The number of hydrogen-bond donors (Lipinski definition) is 1. The number of benzene rings is 10. The van der Waals surface area contributed by atoms with Gasteiger partial charge in [0.05, 0.1) is 28.3 Å². The zero-order valence-corrected chi connectivity index (χ0v) is 53.3. The number of carboxylic acid groups (broad SMARTS) is 1. The number of nitrogens with zero attached hydrogens (tertiary/aromatic N) is 7. The molecule has 10 aromatic carbocycles. The van der Waals surface area contributed by atoms with Crippen LogP contribution in [-0.4, -0.2) is 21.0 Å². The molecule has 2 aliphatic rings. The molecule has 1 N–H and O–H groups in total. The molecule has 10 heteroatoms. The van der Waals surface area contributed by atoms with Crippen molar-refractivity contribution in [1.29, 1.82) is 0 Å². The molecule has 3 aromatic heterocycles. The molecule has 93 heavy (non-hydrogen) atoms. The molecule has 0 saturated heterocycles. The topological polar surface area (TPSA) is 101 Å². The molecule has 0 unspecified atom stereocenters. The number of carboxylic acids is 1. The van der Waals surface area contributed by atoms with E-state index in [9.17, 15) is 9.90 Å². The summed E-state index contributed by atoms with van der Waals surface area (Å²) in [5, 5.41) is 9.75. The molecule has 2 aliphatic heterocycles. The molecule has 0 fully saturated rings. The fraction of sp³-hybridized carbons (Fsp3) is 0. The van der Waals surface area contributed by atoms with E-state index in [1.807, 2.05) is 60.7 Å². The second kappa shape index (κ2) is 26.1. The standard InChI is InChI=1S/C83H56N7O2.Zn/c91-83(92)61-34-31-57(32-35-61)33-48-71-72-49-51-74(84-72)80(58-36-42-68(43-37-58)88(62-19-7-1-8-20-62)63-21-9-2-10-22-63)76-53-55-78(86-76)82(60-40-46-70(47-41-60)90(66-27-15-5-16-28-66)67-29-17-6-18-30-67)79-56-54-77(87-79)81(75-52-50-73(71)85-75)59-38-44-69(45-39-59)89(64-23-11-3-12-24-64)65-25-13-4-14-26-65;/h1-32,34-47,49-56H,(H2-,84,85,86,87,91,92);/q-1;+2/p-1. The quantitative estimate of drug-likeness (QED) is 0.0893. The predicted octanol–water partition coefficient (Wildman–Crippen LogP) is 20.4. The molecular formula is C83H55N7O2Zn. The Hall–Kier alpha value is -12.1. The second-order valence-corrected chi connectivity index (χ2v) is 22.2. The monoisotopic (exact) mass is 1250 g/mol. The fourth-order valence-electron chi connectivity index (χ4n) is 12.1. The number of rotatable bonds is 13. The minimum absolute atomic E-state index is 0. The molecule has 5 heterocycles. The summed E-state index contributed by atoms with van der Waals surface area (Å²) in [4.78, 5) is 40.9. The summed E-state index contributed by atoms with van der Waals surface area (Å²) in [6.07, 6.45) is 8.20. The van der Waals surface area contributed by atoms with Crippen molar-refractivity contribution >= 4 is 104 Å². The van der Waals surface area contributed by atoms with Crippen LogP contribution in [-0.2, 0) is 19.5 Å². The van der Waals surface area contributed by atoms with E-state index >= 15 is 0 Å². The van der Waals surface area contributed by atoms with Crippen molar-refractivity contribution in [3.63, 3.8) is 0 Å². The summed E-state index contributed by atoms with van der Waals surface area (Å²) in [5.41, 5.74) is 21.4. The van der Waals surface area contributed by atoms with Crippen molar-refractivity contribution in [2.24, 2.45) is 0 Å². The van der Waals surface area contributed by atoms with E-state index in [2.05, 4.69) is 269 Å². The van der Waals surface area contributed by atoms with Crippen LogP contribution in [0.5, 0.6) is 0 Å². The van der Waals surface area contributed by atoms with Crippen LogP contribution in [0.1, 0.15) is 44.3 Å². The van der Waals surface area contributed by atoms with Gasteiger partial charge in [0.25, 0.3) is 0 Å². The molecule has 9 nitrogen and oxygen atoms in total. The van der Waals surface area contributed by atoms with Crippen molar-refractivity contribution in [3.05, 3.63) is 343 Å². The molecule has 0 aliphatic carbocycles. The molecule has 0 radical (unpaired) electrons. The van der Waals surface area contributed by atoms with Crippen molar-refractivity contribution in [1.82, 2.24) is 19.9 Å². The zero-order valence-electron chi connectivity index (χ0n) is 50.4. The van der Waals surface area contributed by atoms with Gasteiger partial charge in [-0.25, -0.2) is 14.8 Å². The number of para-hydroxylation sites is 6. The van der Waals surface area contributed by atoms with Gasteiger partial charge in [-0.1, -0.05) is 182 Å². The van der Waals surface area contributed by atoms with E-state index in [4.69, 9.17) is 19.9 Å². The SMILES string of the molecule is O=C(O)c1ccc(C#Cc2c3nc(c(-c4ccc(N(c5ccccc5)c5ccccc5)cc4)c4ccc([n-]4)c(-c4ccc(N(c5ccccc5)c5ccccc5)cc4)c4nc(c(-c5ccc(N(c6ccccc6)c6ccccc6)cc5)c5ccc2[n-]5)C=C4)C=C3)cc1.[Zn+2]. The first-order valence-electron chi connectivity index (χ1n) is 30.4. The van der Waals surface area contributed by atoms with E-state index < -0.39 is 5.97 Å². The number of carbonyl (C=O) groups is 1. The Morgan fingerprint density at radius 1 is 0.301 bits per heavy atom. The summed E-state index contributed by atoms with van der Waals surface area (Å²) in [5.74, 6) is 5.80. The molecule has 15 rings (SSSR count). The maximum Gasteiger partial charge on any atom is 2.00 e. The van der Waals surface area contributed by atoms with Gasteiger partial charge < -0.3 is 29.8 Å². The number of aromatic carboxylic acids is 1. The fourth-order valence-corrected chi connectivity index (χ4v) is 12.1. The van der Waals surface area contributed by atoms with Crippen molar-refractivity contribution in [2.75, 3.05) is 14.7 Å². The van der Waals surface area contributed by atoms with E-state index in [1.165, 1.54) is 0 Å². The number of aromatic nitrogens is 4. The van der Waals surface area contributed by atoms with Crippen LogP contribution in [0.2, 0.25) is 0 Å². The minimum Gasteiger partial charge on any atom is -0.657 e. The van der Waals surface area contributed by atoms with E-state index in [0.29, 0.717) is 33.5 Å². The third-order valence-electron chi connectivity index (χ3n) is 16.4. The third kappa shape index (κ3) is 12.0. The molecule has 0 amide bonds. The Morgan fingerprint density at radius 2 is 0.570 bits per heavy atom. The Balaban J connectivity index is 0.00000749. The van der Waals surface area contributed by atoms with Gasteiger partial charge in [-0.2, -0.15) is 0 Å². The van der Waals surface area contributed by atoms with E-state index in [1.54, 1.807) is 24.3 Å². The molecule has 13 aromatic rings. The molecule has 8 bridgehead atoms. The van der Waals surface area contributed by atoms with Crippen LogP contribution in [0.15, 0.2) is 303 Å². The van der Waals surface area contributed by atoms with Crippen LogP contribution in [0.25, 0.3) is 79.8 Å². The Morgan fingerprint density at radius 3 is 0.882 bits per heavy atom. The Labute approximate surface area is 552 Å². The number of hydrogen-bond acceptors (Lipinski definition) is 6. The zero-order chi connectivity index (χ0) is 61.7.